The quantitative estimate of drug-likeness (QED) is 0.0555. The maximum atomic E-state index is 13.7. The minimum atomic E-state index is -0.581. The predicted octanol–water partition coefficient (Wildman–Crippen LogP) is 5.49. The second kappa shape index (κ2) is 36.3. The number of methoxy groups -OCH3 is 1. The number of amides is 4. The molecule has 3 aromatic carbocycles. The van der Waals surface area contributed by atoms with Gasteiger partial charge in [0.2, 0.25) is 11.8 Å². The normalized spacial score (nSPS) is 13.3. The Hall–Kier alpha value is -5.87. The second-order valence-corrected chi connectivity index (χ2v) is 18.4. The Morgan fingerprint density at radius 3 is 1.71 bits per heavy atom. The van der Waals surface area contributed by atoms with Crippen molar-refractivity contribution in [3.8, 4) is 11.3 Å². The van der Waals surface area contributed by atoms with Crippen LogP contribution in [0.4, 0.5) is 11.4 Å². The number of nitrogens with one attached hydrogen (secondary N) is 1. The smallest absolute Gasteiger partial charge is 0.255 e. The molecule has 1 aliphatic carbocycles. The standard InChI is InChI=1S/C48H71N7O12.C10H12/c1-5-54(6-2)41-10-11-43(42(36-41)44-35-38(46(49)57)12-13-50-44)51-47(58)39-8-7-9-40(34-39)48(59)52(3)14-15-53-16-18-55(19-17-53)45(56)37-67-33-32-66-31-30-65-29-28-64-27-26-63-25-24-62-23-22-61-21-20-60-4;1-2-6-10-8-4-3-7-9(10)5-1/h7-13,34-36H,5-6,14-33,37H2,1-4H3,(H2,49,57)(H,51,58);1-2,5-6H,3-4,7-8H2. The van der Waals surface area contributed by atoms with Gasteiger partial charge in [-0.15, -0.1) is 0 Å². The van der Waals surface area contributed by atoms with Crippen LogP contribution in [-0.4, -0.2) is 209 Å². The zero-order valence-corrected chi connectivity index (χ0v) is 45.9. The van der Waals surface area contributed by atoms with Gasteiger partial charge >= 0.3 is 0 Å². The summed E-state index contributed by atoms with van der Waals surface area (Å²) >= 11 is 0. The van der Waals surface area contributed by atoms with Gasteiger partial charge in [0.15, 0.2) is 0 Å². The minimum Gasteiger partial charge on any atom is -0.382 e. The molecule has 3 N–H and O–H groups in total. The van der Waals surface area contributed by atoms with Crippen LogP contribution < -0.4 is 16.0 Å². The van der Waals surface area contributed by atoms with E-state index in [-0.39, 0.29) is 18.4 Å². The van der Waals surface area contributed by atoms with Crippen molar-refractivity contribution in [1.82, 2.24) is 19.7 Å². The van der Waals surface area contributed by atoms with Crippen LogP contribution in [0.15, 0.2) is 85.1 Å². The number of benzene rings is 3. The van der Waals surface area contributed by atoms with Crippen molar-refractivity contribution in [3.05, 3.63) is 113 Å². The summed E-state index contributed by atoms with van der Waals surface area (Å²) in [5, 5.41) is 2.99. The van der Waals surface area contributed by atoms with Crippen LogP contribution in [0.3, 0.4) is 0 Å². The van der Waals surface area contributed by atoms with Crippen LogP contribution in [0.5, 0.6) is 0 Å². The Kier molecular flexibility index (Phi) is 29.2. The Labute approximate surface area is 455 Å². The van der Waals surface area contributed by atoms with Crippen LogP contribution in [0.1, 0.15) is 68.9 Å². The van der Waals surface area contributed by atoms with Gasteiger partial charge in [-0.25, -0.2) is 0 Å². The highest BCUT2D eigenvalue weighted by Gasteiger charge is 2.23. The van der Waals surface area contributed by atoms with Gasteiger partial charge in [-0.2, -0.15) is 0 Å². The molecule has 0 spiro atoms. The molecule has 4 amide bonds. The molecule has 422 valence electrons. The van der Waals surface area contributed by atoms with E-state index in [1.165, 1.54) is 31.9 Å². The maximum Gasteiger partial charge on any atom is 0.255 e. The van der Waals surface area contributed by atoms with Crippen LogP contribution in [0.2, 0.25) is 0 Å². The summed E-state index contributed by atoms with van der Waals surface area (Å²) in [6, 6.07) is 24.2. The molecule has 6 rings (SSSR count). The lowest BCUT2D eigenvalue weighted by Gasteiger charge is -2.35. The number of pyridine rings is 1. The van der Waals surface area contributed by atoms with Gasteiger partial charge in [-0.3, -0.25) is 29.1 Å². The molecule has 19 heteroatoms. The van der Waals surface area contributed by atoms with Crippen molar-refractivity contribution >= 4 is 35.0 Å². The monoisotopic (exact) mass is 1070 g/mol. The molecule has 0 radical (unpaired) electrons. The number of carbonyl (C=O) groups is 4. The highest BCUT2D eigenvalue weighted by atomic mass is 16.6. The topological polar surface area (TPSA) is 206 Å². The Morgan fingerprint density at radius 2 is 1.17 bits per heavy atom. The zero-order chi connectivity index (χ0) is 54.9. The third-order valence-corrected chi connectivity index (χ3v) is 13.0. The summed E-state index contributed by atoms with van der Waals surface area (Å²) in [6.07, 6.45) is 6.89. The number of nitrogens with two attached hydrogens (primary N) is 1. The Bertz CT molecular complexity index is 2340. The third-order valence-electron chi connectivity index (χ3n) is 13.0. The van der Waals surface area contributed by atoms with E-state index in [0.717, 1.165) is 18.8 Å². The number of rotatable bonds is 34. The van der Waals surface area contributed by atoms with Gasteiger partial charge in [0, 0.05) is 101 Å². The molecule has 4 aromatic rings. The molecule has 0 atom stereocenters. The fraction of sp³-hybridized carbons (Fsp3) is 0.534. The molecule has 19 nitrogen and oxygen atoms in total. The van der Waals surface area contributed by atoms with Gasteiger partial charge in [0.25, 0.3) is 11.8 Å². The molecule has 0 saturated carbocycles. The second-order valence-electron chi connectivity index (χ2n) is 18.4. The number of hydrogen-bond donors (Lipinski definition) is 2. The summed E-state index contributed by atoms with van der Waals surface area (Å²) in [6.45, 7) is 15.8. The molecular weight excluding hydrogens is 987 g/mol. The van der Waals surface area contributed by atoms with Crippen molar-refractivity contribution in [2.24, 2.45) is 5.73 Å². The van der Waals surface area contributed by atoms with Crippen molar-refractivity contribution < 1.29 is 57.1 Å². The fourth-order valence-corrected chi connectivity index (χ4v) is 8.58. The van der Waals surface area contributed by atoms with Gasteiger partial charge in [-0.1, -0.05) is 30.3 Å². The lowest BCUT2D eigenvalue weighted by molar-refractivity contribution is -0.138. The fourth-order valence-electron chi connectivity index (χ4n) is 8.58. The summed E-state index contributed by atoms with van der Waals surface area (Å²) in [7, 11) is 3.37. The van der Waals surface area contributed by atoms with Crippen LogP contribution in [0, 0.1) is 0 Å². The lowest BCUT2D eigenvalue weighted by atomic mass is 9.92. The summed E-state index contributed by atoms with van der Waals surface area (Å²) in [4.78, 5) is 64.2. The number of carbonyl (C=O) groups excluding carboxylic acids is 4. The van der Waals surface area contributed by atoms with Crippen LogP contribution in [-0.2, 0) is 55.5 Å². The molecule has 1 aromatic heterocycles. The largest absolute Gasteiger partial charge is 0.382 e. The first-order chi connectivity index (χ1) is 37.6. The number of likely N-dealkylation sites (N-methyl/N-ethyl adjacent to an activating group) is 1. The minimum absolute atomic E-state index is 0.0152. The molecule has 0 unspecified atom stereocenters. The first-order valence-electron chi connectivity index (χ1n) is 27.0. The van der Waals surface area contributed by atoms with E-state index in [9.17, 15) is 19.2 Å². The van der Waals surface area contributed by atoms with Crippen molar-refractivity contribution in [3.63, 3.8) is 0 Å². The number of primary amides is 1. The molecule has 1 fully saturated rings. The molecule has 2 heterocycles. The summed E-state index contributed by atoms with van der Waals surface area (Å²) in [5.74, 6) is -1.27. The first-order valence-corrected chi connectivity index (χ1v) is 27.0. The molecule has 77 heavy (non-hydrogen) atoms. The average molecular weight is 1070 g/mol. The van der Waals surface area contributed by atoms with Gasteiger partial charge in [-0.05, 0) is 99.2 Å². The number of piperazine rings is 1. The maximum absolute atomic E-state index is 13.7. The number of aryl methyl sites for hydroxylation is 2. The lowest BCUT2D eigenvalue weighted by Crippen LogP contribution is -2.51. The van der Waals surface area contributed by atoms with E-state index in [4.69, 9.17) is 43.6 Å². The zero-order valence-electron chi connectivity index (χ0n) is 45.9. The number of hydrogen-bond acceptors (Lipinski definition) is 15. The van der Waals surface area contributed by atoms with E-state index < -0.39 is 11.8 Å². The highest BCUT2D eigenvalue weighted by molar-refractivity contribution is 6.08. The Balaban J connectivity index is 0.000000967. The van der Waals surface area contributed by atoms with E-state index in [1.54, 1.807) is 71.5 Å². The third kappa shape index (κ3) is 22.6. The van der Waals surface area contributed by atoms with Crippen LogP contribution in [0.25, 0.3) is 11.3 Å². The van der Waals surface area contributed by atoms with E-state index in [0.29, 0.717) is 165 Å². The van der Waals surface area contributed by atoms with Gasteiger partial charge in [0.05, 0.1) is 104 Å². The number of aromatic nitrogens is 1. The van der Waals surface area contributed by atoms with E-state index in [2.05, 4.69) is 58.2 Å². The van der Waals surface area contributed by atoms with Crippen molar-refractivity contribution in [2.45, 2.75) is 39.5 Å². The molecule has 2 aliphatic rings. The summed E-state index contributed by atoms with van der Waals surface area (Å²) < 4.78 is 43.2. The van der Waals surface area contributed by atoms with Gasteiger partial charge in [0.1, 0.15) is 6.61 Å². The van der Waals surface area contributed by atoms with Crippen molar-refractivity contribution in [1.29, 1.82) is 0 Å². The number of fused-ring (bicyclic) bond motifs is 1. The van der Waals surface area contributed by atoms with E-state index >= 15 is 0 Å². The van der Waals surface area contributed by atoms with Gasteiger partial charge < -0.3 is 63.6 Å². The SMILES string of the molecule is CCN(CC)c1ccc(NC(=O)c2cccc(C(=O)N(C)CCN3CCN(C(=O)COCCOCCOCCOCCOCCOCCOCCOC)CC3)c2)c(-c2cc(C(N)=O)ccn2)c1.c1ccc2c(c1)CCCC2. The number of ether oxygens (including phenoxy) is 8. The average Bonchev–Trinajstić information content (AvgIpc) is 3.47. The van der Waals surface area contributed by atoms with Crippen LogP contribution >= 0.6 is 0 Å². The molecule has 0 bridgehead atoms. The Morgan fingerprint density at radius 1 is 0.623 bits per heavy atom. The molecule has 1 aliphatic heterocycles. The number of nitrogens with zero attached hydrogens (tertiary/aromatic N) is 5. The molecule has 1 saturated heterocycles. The first kappa shape index (κ1) is 62.0. The van der Waals surface area contributed by atoms with Crippen molar-refractivity contribution in [2.75, 3.05) is 176 Å². The van der Waals surface area contributed by atoms with E-state index in [1.807, 2.05) is 18.2 Å². The summed E-state index contributed by atoms with van der Waals surface area (Å²) in [5.41, 5.74) is 12.2. The highest BCUT2D eigenvalue weighted by Crippen LogP contribution is 2.32. The number of anilines is 2. The molecular formula is C58H83N7O12. The predicted molar refractivity (Wildman–Crippen MR) is 297 cm³/mol.